The van der Waals surface area contributed by atoms with Crippen molar-refractivity contribution in [1.29, 1.82) is 0 Å². The number of aromatic hydroxyl groups is 1. The van der Waals surface area contributed by atoms with Crippen molar-refractivity contribution >= 4 is 38.9 Å². The van der Waals surface area contributed by atoms with Crippen molar-refractivity contribution in [2.75, 3.05) is 4.90 Å². The number of nitrogens with zero attached hydrogens (tertiary/aromatic N) is 2. The van der Waals surface area contributed by atoms with E-state index >= 15 is 0 Å². The Balaban J connectivity index is 1.23. The maximum atomic E-state index is 11.8. The third kappa shape index (κ3) is 4.21. The Labute approximate surface area is 280 Å². The lowest BCUT2D eigenvalue weighted by Gasteiger charge is -2.42. The summed E-state index contributed by atoms with van der Waals surface area (Å²) in [6.07, 6.45) is 0. The number of para-hydroxylation sites is 4. The van der Waals surface area contributed by atoms with Gasteiger partial charge in [-0.05, 0) is 82.4 Å². The van der Waals surface area contributed by atoms with Gasteiger partial charge in [0.05, 0.1) is 28.1 Å². The lowest BCUT2D eigenvalue weighted by Crippen LogP contribution is -2.30. The van der Waals surface area contributed by atoms with Gasteiger partial charge in [-0.25, -0.2) is 0 Å². The summed E-state index contributed by atoms with van der Waals surface area (Å²) in [5, 5.41) is 14.3. The minimum Gasteiger partial charge on any atom is -0.505 e. The molecule has 1 aromatic heterocycles. The highest BCUT2D eigenvalue weighted by atomic mass is 16.3. The van der Waals surface area contributed by atoms with Gasteiger partial charge in [0.25, 0.3) is 0 Å². The number of hydrogen-bond acceptors (Lipinski definition) is 2. The maximum Gasteiger partial charge on any atom is 0.147 e. The van der Waals surface area contributed by atoms with E-state index in [0.717, 1.165) is 33.9 Å². The van der Waals surface area contributed by atoms with E-state index in [2.05, 4.69) is 139 Å². The number of phenolic OH excluding ortho intramolecular Hbond substituents is 1. The van der Waals surface area contributed by atoms with Crippen LogP contribution in [0, 0.1) is 0 Å². The van der Waals surface area contributed by atoms with Gasteiger partial charge in [0.1, 0.15) is 5.75 Å². The highest BCUT2D eigenvalue weighted by Gasteiger charge is 2.38. The molecule has 0 fully saturated rings. The first-order chi connectivity index (χ1) is 23.5. The summed E-state index contributed by atoms with van der Waals surface area (Å²) in [7, 11) is 0. The monoisotopic (exact) mass is 618 g/mol. The summed E-state index contributed by atoms with van der Waals surface area (Å²) in [5.41, 5.74) is 12.8. The summed E-state index contributed by atoms with van der Waals surface area (Å²) < 4.78 is 2.36. The third-order valence-corrected chi connectivity index (χ3v) is 10.1. The molecule has 1 aliphatic rings. The molecular weight excluding hydrogens is 585 g/mol. The number of aromatic nitrogens is 1. The molecule has 1 aliphatic heterocycles. The van der Waals surface area contributed by atoms with Gasteiger partial charge in [0.15, 0.2) is 0 Å². The molecule has 0 unspecified atom stereocenters. The van der Waals surface area contributed by atoms with Crippen LogP contribution in [-0.2, 0) is 5.41 Å². The Morgan fingerprint density at radius 3 is 1.92 bits per heavy atom. The fourth-order valence-corrected chi connectivity index (χ4v) is 7.71. The van der Waals surface area contributed by atoms with E-state index in [1.807, 2.05) is 48.5 Å². The first-order valence-electron chi connectivity index (χ1n) is 16.5. The number of phenols is 1. The SMILES string of the molecule is CC1(C)c2ccccc2N(c2cccc(-c3ccccc3)c2O)c2ccc(-c3ccc4c(c3)c3ccccc3n4-c3ccccc3)cc21. The Bertz CT molecular complexity index is 2490. The van der Waals surface area contributed by atoms with Gasteiger partial charge >= 0.3 is 0 Å². The molecule has 2 heterocycles. The van der Waals surface area contributed by atoms with Gasteiger partial charge in [0, 0.05) is 27.4 Å². The smallest absolute Gasteiger partial charge is 0.147 e. The van der Waals surface area contributed by atoms with Gasteiger partial charge < -0.3 is 14.6 Å². The molecule has 0 amide bonds. The first kappa shape index (κ1) is 28.2. The van der Waals surface area contributed by atoms with Crippen LogP contribution in [0.1, 0.15) is 25.0 Å². The summed E-state index contributed by atoms with van der Waals surface area (Å²) in [4.78, 5) is 2.23. The van der Waals surface area contributed by atoms with E-state index in [-0.39, 0.29) is 11.2 Å². The average Bonchev–Trinajstić information content (AvgIpc) is 3.47. The Hall–Kier alpha value is -6.06. The molecule has 48 heavy (non-hydrogen) atoms. The van der Waals surface area contributed by atoms with Crippen molar-refractivity contribution in [2.45, 2.75) is 19.3 Å². The number of rotatable bonds is 4. The Kier molecular flexibility index (Phi) is 6.31. The molecule has 7 aromatic carbocycles. The fourth-order valence-electron chi connectivity index (χ4n) is 7.71. The Morgan fingerprint density at radius 1 is 0.458 bits per heavy atom. The zero-order chi connectivity index (χ0) is 32.4. The lowest BCUT2D eigenvalue weighted by molar-refractivity contribution is 0.478. The highest BCUT2D eigenvalue weighted by molar-refractivity contribution is 6.10. The minimum atomic E-state index is -0.265. The number of anilines is 3. The molecule has 0 bridgehead atoms. The molecule has 1 N–H and O–H groups in total. The van der Waals surface area contributed by atoms with Gasteiger partial charge in [-0.1, -0.05) is 123 Å². The summed E-state index contributed by atoms with van der Waals surface area (Å²) >= 11 is 0. The maximum absolute atomic E-state index is 11.8. The molecule has 3 nitrogen and oxygen atoms in total. The number of benzene rings is 7. The van der Waals surface area contributed by atoms with Crippen LogP contribution in [-0.4, -0.2) is 9.67 Å². The zero-order valence-electron chi connectivity index (χ0n) is 26.9. The largest absolute Gasteiger partial charge is 0.505 e. The van der Waals surface area contributed by atoms with E-state index in [1.165, 1.54) is 44.1 Å². The fraction of sp³-hybridized carbons (Fsp3) is 0.0667. The van der Waals surface area contributed by atoms with E-state index in [9.17, 15) is 5.11 Å². The van der Waals surface area contributed by atoms with Crippen molar-refractivity contribution < 1.29 is 5.11 Å². The first-order valence-corrected chi connectivity index (χ1v) is 16.5. The van der Waals surface area contributed by atoms with Gasteiger partial charge in [-0.2, -0.15) is 0 Å². The second-order valence-corrected chi connectivity index (χ2v) is 13.2. The summed E-state index contributed by atoms with van der Waals surface area (Å²) in [5.74, 6) is 0.272. The van der Waals surface area contributed by atoms with Crippen LogP contribution in [0.25, 0.3) is 49.7 Å². The average molecular weight is 619 g/mol. The summed E-state index contributed by atoms with van der Waals surface area (Å²) in [6, 6.07) is 57.7. The molecule has 0 aliphatic carbocycles. The van der Waals surface area contributed by atoms with Crippen LogP contribution in [0.3, 0.4) is 0 Å². The van der Waals surface area contributed by atoms with E-state index in [4.69, 9.17) is 0 Å². The number of hydrogen-bond donors (Lipinski definition) is 1. The molecule has 3 heteroatoms. The normalized spacial score (nSPS) is 13.4. The molecule has 0 saturated heterocycles. The molecule has 0 saturated carbocycles. The molecule has 0 spiro atoms. The topological polar surface area (TPSA) is 28.4 Å². The second kappa shape index (κ2) is 10.8. The van der Waals surface area contributed by atoms with Crippen molar-refractivity contribution in [3.63, 3.8) is 0 Å². The molecular formula is C45H34N2O. The molecule has 0 radical (unpaired) electrons. The predicted octanol–water partition coefficient (Wildman–Crippen LogP) is 11.9. The van der Waals surface area contributed by atoms with Crippen LogP contribution in [0.4, 0.5) is 17.1 Å². The molecule has 0 atom stereocenters. The molecule has 9 rings (SSSR count). The molecule has 8 aromatic rings. The van der Waals surface area contributed by atoms with Crippen LogP contribution in [0.15, 0.2) is 164 Å². The zero-order valence-corrected chi connectivity index (χ0v) is 26.9. The number of fused-ring (bicyclic) bond motifs is 5. The van der Waals surface area contributed by atoms with Gasteiger partial charge in [-0.3, -0.25) is 0 Å². The van der Waals surface area contributed by atoms with Crippen LogP contribution >= 0.6 is 0 Å². The highest BCUT2D eigenvalue weighted by Crippen LogP contribution is 2.55. The minimum absolute atomic E-state index is 0.265. The van der Waals surface area contributed by atoms with Gasteiger partial charge in [-0.15, -0.1) is 0 Å². The van der Waals surface area contributed by atoms with Crippen LogP contribution in [0.2, 0.25) is 0 Å². The predicted molar refractivity (Wildman–Crippen MR) is 200 cm³/mol. The molecule has 230 valence electrons. The second-order valence-electron chi connectivity index (χ2n) is 13.2. The lowest BCUT2D eigenvalue weighted by atomic mass is 9.73. The van der Waals surface area contributed by atoms with E-state index in [1.54, 1.807) is 0 Å². The standard InChI is InChI=1S/C45H34N2O/c1-45(2)37-20-10-12-22-41(37)47(43-23-13-19-34(44(43)48)30-14-5-3-6-15-30)42-27-25-32(29-38(42)45)31-24-26-40-36(28-31)35-18-9-11-21-39(35)46(40)33-16-7-4-8-17-33/h3-29,48H,1-2H3. The quantitative estimate of drug-likeness (QED) is 0.213. The van der Waals surface area contributed by atoms with Gasteiger partial charge in [0.2, 0.25) is 0 Å². The summed E-state index contributed by atoms with van der Waals surface area (Å²) in [6.45, 7) is 4.62. The van der Waals surface area contributed by atoms with Crippen molar-refractivity contribution in [3.05, 3.63) is 175 Å². The third-order valence-electron chi connectivity index (χ3n) is 10.1. The van der Waals surface area contributed by atoms with E-state index in [0.29, 0.717) is 0 Å². The van der Waals surface area contributed by atoms with Crippen molar-refractivity contribution in [3.8, 4) is 33.7 Å². The van der Waals surface area contributed by atoms with E-state index < -0.39 is 0 Å². The van der Waals surface area contributed by atoms with Crippen LogP contribution < -0.4 is 4.90 Å². The Morgan fingerprint density at radius 2 is 1.08 bits per heavy atom. The van der Waals surface area contributed by atoms with Crippen molar-refractivity contribution in [2.24, 2.45) is 0 Å². The van der Waals surface area contributed by atoms with Crippen molar-refractivity contribution in [1.82, 2.24) is 4.57 Å². The van der Waals surface area contributed by atoms with Crippen LogP contribution in [0.5, 0.6) is 5.75 Å².